The first-order valence-electron chi connectivity index (χ1n) is 12.7. The molecule has 1 aliphatic heterocycles. The van der Waals surface area contributed by atoms with Crippen molar-refractivity contribution in [2.45, 2.75) is 51.2 Å². The van der Waals surface area contributed by atoms with Gasteiger partial charge in [-0.05, 0) is 74.6 Å². The SMILES string of the molecule is CC(C)(O)CCCOc1ccc(Cl)c(-c2ccnc(NC(=O)c3nc4n(n3)C(c3ccccc3)CC4)c2)c1. The Morgan fingerprint density at radius 1 is 1.18 bits per heavy atom. The molecule has 0 saturated heterocycles. The number of anilines is 1. The first-order valence-corrected chi connectivity index (χ1v) is 13.1. The Labute approximate surface area is 226 Å². The predicted molar refractivity (Wildman–Crippen MR) is 147 cm³/mol. The van der Waals surface area contributed by atoms with Crippen molar-refractivity contribution in [1.29, 1.82) is 0 Å². The van der Waals surface area contributed by atoms with E-state index in [9.17, 15) is 9.90 Å². The van der Waals surface area contributed by atoms with Crippen LogP contribution in [0.25, 0.3) is 11.1 Å². The van der Waals surface area contributed by atoms with Gasteiger partial charge in [-0.3, -0.25) is 4.79 Å². The number of fused-ring (bicyclic) bond motifs is 1. The number of ether oxygens (including phenoxy) is 1. The third-order valence-electron chi connectivity index (χ3n) is 6.48. The quantitative estimate of drug-likeness (QED) is 0.268. The van der Waals surface area contributed by atoms with Gasteiger partial charge >= 0.3 is 0 Å². The average molecular weight is 532 g/mol. The summed E-state index contributed by atoms with van der Waals surface area (Å²) in [6, 6.07) is 19.2. The van der Waals surface area contributed by atoms with Crippen molar-refractivity contribution in [3.8, 4) is 16.9 Å². The van der Waals surface area contributed by atoms with Crippen LogP contribution in [0.1, 0.15) is 61.2 Å². The van der Waals surface area contributed by atoms with E-state index in [-0.39, 0.29) is 11.9 Å². The van der Waals surface area contributed by atoms with E-state index in [1.165, 1.54) is 0 Å². The summed E-state index contributed by atoms with van der Waals surface area (Å²) in [6.07, 6.45) is 4.66. The molecule has 0 radical (unpaired) electrons. The summed E-state index contributed by atoms with van der Waals surface area (Å²) in [7, 11) is 0. The molecule has 2 aromatic heterocycles. The Morgan fingerprint density at radius 3 is 2.79 bits per heavy atom. The molecule has 8 nitrogen and oxygen atoms in total. The van der Waals surface area contributed by atoms with E-state index >= 15 is 0 Å². The molecule has 2 aromatic carbocycles. The molecule has 4 aromatic rings. The summed E-state index contributed by atoms with van der Waals surface area (Å²) in [5, 5.41) is 17.8. The number of nitrogens with zero attached hydrogens (tertiary/aromatic N) is 4. The second-order valence-corrected chi connectivity index (χ2v) is 10.5. The molecule has 2 N–H and O–H groups in total. The number of aliphatic hydroxyl groups is 1. The van der Waals surface area contributed by atoms with Gasteiger partial charge in [0.1, 0.15) is 17.4 Å². The van der Waals surface area contributed by atoms with Crippen LogP contribution in [0.5, 0.6) is 5.75 Å². The molecule has 1 unspecified atom stereocenters. The summed E-state index contributed by atoms with van der Waals surface area (Å²) >= 11 is 6.49. The van der Waals surface area contributed by atoms with Crippen LogP contribution in [0.3, 0.4) is 0 Å². The van der Waals surface area contributed by atoms with Gasteiger partial charge in [0.25, 0.3) is 5.91 Å². The summed E-state index contributed by atoms with van der Waals surface area (Å²) in [4.78, 5) is 21.8. The first-order chi connectivity index (χ1) is 18.3. The number of hydrogen-bond donors (Lipinski definition) is 2. The van der Waals surface area contributed by atoms with Crippen LogP contribution in [0.4, 0.5) is 5.82 Å². The van der Waals surface area contributed by atoms with E-state index in [1.807, 2.05) is 41.1 Å². The Kier molecular flexibility index (Phi) is 7.44. The Balaban J connectivity index is 1.28. The number of carbonyl (C=O) groups is 1. The fourth-order valence-corrected chi connectivity index (χ4v) is 4.82. The van der Waals surface area contributed by atoms with Crippen LogP contribution in [-0.4, -0.2) is 43.0 Å². The van der Waals surface area contributed by atoms with Crippen molar-refractivity contribution in [2.24, 2.45) is 0 Å². The topological polar surface area (TPSA) is 102 Å². The van der Waals surface area contributed by atoms with Gasteiger partial charge in [-0.15, -0.1) is 5.10 Å². The number of rotatable bonds is 9. The number of benzene rings is 2. The molecule has 1 amide bonds. The molecule has 0 fully saturated rings. The Bertz CT molecular complexity index is 1430. The van der Waals surface area contributed by atoms with Crippen molar-refractivity contribution < 1.29 is 14.6 Å². The molecule has 0 aliphatic carbocycles. The predicted octanol–water partition coefficient (Wildman–Crippen LogP) is 5.71. The minimum absolute atomic E-state index is 0.0773. The standard InChI is InChI=1S/C29H30ClN5O3/c1-29(2,37)14-6-16-38-21-9-10-23(30)22(18-21)20-13-15-31-25(17-20)32-28(36)27-33-26-12-11-24(35(26)34-27)19-7-4-3-5-8-19/h3-5,7-10,13,15,17-18,24,37H,6,11-12,14,16H2,1-2H3,(H,31,32,36). The molecule has 1 aliphatic rings. The number of carbonyl (C=O) groups excluding carboxylic acids is 1. The van der Waals surface area contributed by atoms with E-state index in [0.717, 1.165) is 41.8 Å². The van der Waals surface area contributed by atoms with Gasteiger partial charge in [0.2, 0.25) is 5.82 Å². The van der Waals surface area contributed by atoms with Crippen molar-refractivity contribution in [2.75, 3.05) is 11.9 Å². The number of halogens is 1. The average Bonchev–Trinajstić information content (AvgIpc) is 3.49. The number of nitrogens with one attached hydrogen (secondary N) is 1. The number of aromatic nitrogens is 4. The number of hydrogen-bond acceptors (Lipinski definition) is 6. The highest BCUT2D eigenvalue weighted by molar-refractivity contribution is 6.33. The largest absolute Gasteiger partial charge is 0.494 e. The minimum atomic E-state index is -0.720. The van der Waals surface area contributed by atoms with Gasteiger partial charge in [-0.1, -0.05) is 41.9 Å². The zero-order valence-electron chi connectivity index (χ0n) is 21.4. The van der Waals surface area contributed by atoms with Crippen molar-refractivity contribution in [1.82, 2.24) is 19.7 Å². The molecule has 5 rings (SSSR count). The molecule has 0 spiro atoms. The zero-order chi connectivity index (χ0) is 26.7. The Morgan fingerprint density at radius 2 is 2.00 bits per heavy atom. The number of pyridine rings is 1. The highest BCUT2D eigenvalue weighted by Crippen LogP contribution is 2.33. The highest BCUT2D eigenvalue weighted by Gasteiger charge is 2.28. The van der Waals surface area contributed by atoms with Crippen LogP contribution in [0, 0.1) is 0 Å². The summed E-state index contributed by atoms with van der Waals surface area (Å²) in [5.41, 5.74) is 1.97. The van der Waals surface area contributed by atoms with E-state index in [0.29, 0.717) is 29.6 Å². The second kappa shape index (κ2) is 10.9. The molecule has 1 atom stereocenters. The third kappa shape index (κ3) is 6.03. The van der Waals surface area contributed by atoms with Crippen molar-refractivity contribution >= 4 is 23.3 Å². The van der Waals surface area contributed by atoms with Crippen LogP contribution in [0.2, 0.25) is 5.02 Å². The maximum absolute atomic E-state index is 13.0. The molecule has 9 heteroatoms. The lowest BCUT2D eigenvalue weighted by molar-refractivity contribution is 0.0641. The number of aryl methyl sites for hydroxylation is 1. The Hall–Kier alpha value is -3.75. The van der Waals surface area contributed by atoms with Gasteiger partial charge in [0, 0.05) is 23.2 Å². The molecule has 38 heavy (non-hydrogen) atoms. The lowest BCUT2D eigenvalue weighted by Crippen LogP contribution is -2.19. The van der Waals surface area contributed by atoms with E-state index in [4.69, 9.17) is 16.3 Å². The van der Waals surface area contributed by atoms with E-state index in [2.05, 4.69) is 32.5 Å². The van der Waals surface area contributed by atoms with E-state index in [1.54, 1.807) is 32.2 Å². The summed E-state index contributed by atoms with van der Waals surface area (Å²) in [5.74, 6) is 1.55. The minimum Gasteiger partial charge on any atom is -0.494 e. The van der Waals surface area contributed by atoms with Gasteiger partial charge < -0.3 is 15.2 Å². The molecular formula is C29H30ClN5O3. The van der Waals surface area contributed by atoms with Crippen LogP contribution in [0.15, 0.2) is 66.9 Å². The lowest BCUT2D eigenvalue weighted by atomic mass is 10.0. The smallest absolute Gasteiger partial charge is 0.296 e. The fraction of sp³-hybridized carbons (Fsp3) is 0.310. The van der Waals surface area contributed by atoms with Crippen molar-refractivity contribution in [3.63, 3.8) is 0 Å². The lowest BCUT2D eigenvalue weighted by Gasteiger charge is -2.17. The highest BCUT2D eigenvalue weighted by atomic mass is 35.5. The normalized spacial score (nSPS) is 14.8. The van der Waals surface area contributed by atoms with E-state index < -0.39 is 11.5 Å². The second-order valence-electron chi connectivity index (χ2n) is 10.1. The number of amides is 1. The molecule has 0 bridgehead atoms. The third-order valence-corrected chi connectivity index (χ3v) is 6.81. The fourth-order valence-electron chi connectivity index (χ4n) is 4.59. The summed E-state index contributed by atoms with van der Waals surface area (Å²) in [6.45, 7) is 4.05. The van der Waals surface area contributed by atoms with Gasteiger partial charge in [-0.25, -0.2) is 14.6 Å². The molecule has 3 heterocycles. The maximum atomic E-state index is 13.0. The van der Waals surface area contributed by atoms with Crippen LogP contribution < -0.4 is 10.1 Å². The van der Waals surface area contributed by atoms with Crippen LogP contribution >= 0.6 is 11.6 Å². The molecule has 196 valence electrons. The molecular weight excluding hydrogens is 502 g/mol. The molecule has 0 saturated carbocycles. The zero-order valence-corrected chi connectivity index (χ0v) is 22.2. The monoisotopic (exact) mass is 531 g/mol. The van der Waals surface area contributed by atoms with Gasteiger partial charge in [0.05, 0.1) is 18.2 Å². The van der Waals surface area contributed by atoms with Crippen molar-refractivity contribution in [3.05, 3.63) is 89.1 Å². The van der Waals surface area contributed by atoms with Gasteiger partial charge in [0.15, 0.2) is 0 Å². The maximum Gasteiger partial charge on any atom is 0.296 e. The van der Waals surface area contributed by atoms with Crippen LogP contribution in [-0.2, 0) is 6.42 Å². The van der Waals surface area contributed by atoms with Gasteiger partial charge in [-0.2, -0.15) is 0 Å². The summed E-state index contributed by atoms with van der Waals surface area (Å²) < 4.78 is 7.72. The first kappa shape index (κ1) is 25.9.